The van der Waals surface area contributed by atoms with Crippen molar-refractivity contribution in [2.24, 2.45) is 17.6 Å². The van der Waals surface area contributed by atoms with E-state index in [1.54, 1.807) is 0 Å². The zero-order chi connectivity index (χ0) is 20.4. The van der Waals surface area contributed by atoms with E-state index in [1.807, 2.05) is 18.2 Å². The van der Waals surface area contributed by atoms with Gasteiger partial charge in [-0.05, 0) is 68.9 Å². The van der Waals surface area contributed by atoms with Gasteiger partial charge in [-0.1, -0.05) is 30.3 Å². The van der Waals surface area contributed by atoms with Crippen LogP contribution in [-0.4, -0.2) is 21.4 Å². The van der Waals surface area contributed by atoms with E-state index in [9.17, 15) is 10.1 Å². The normalized spacial score (nSPS) is 22.8. The van der Waals surface area contributed by atoms with Crippen molar-refractivity contribution in [3.8, 4) is 0 Å². The van der Waals surface area contributed by atoms with Crippen LogP contribution >= 0.6 is 0 Å². The van der Waals surface area contributed by atoms with Crippen LogP contribution in [0.5, 0.6) is 0 Å². The summed E-state index contributed by atoms with van der Waals surface area (Å²) in [4.78, 5) is 20.0. The Balaban J connectivity index is 1.57. The van der Waals surface area contributed by atoms with Gasteiger partial charge in [0, 0.05) is 0 Å². The van der Waals surface area contributed by atoms with Crippen LogP contribution in [0.4, 0.5) is 17.5 Å². The van der Waals surface area contributed by atoms with Gasteiger partial charge in [0.15, 0.2) is 0 Å². The summed E-state index contributed by atoms with van der Waals surface area (Å²) >= 11 is 0. The molecule has 0 radical (unpaired) electrons. The van der Waals surface area contributed by atoms with Crippen LogP contribution < -0.4 is 16.8 Å². The van der Waals surface area contributed by atoms with Gasteiger partial charge in [0.25, 0.3) is 0 Å². The van der Waals surface area contributed by atoms with Gasteiger partial charge < -0.3 is 16.8 Å². The molecule has 1 aromatic carbocycles. The summed E-state index contributed by atoms with van der Waals surface area (Å²) in [6, 6.07) is 10.1. The van der Waals surface area contributed by atoms with Gasteiger partial charge in [-0.15, -0.1) is 0 Å². The van der Waals surface area contributed by atoms with Crippen molar-refractivity contribution in [3.05, 3.63) is 51.7 Å². The number of benzene rings is 1. The molecule has 2 fully saturated rings. The average molecular weight is 396 g/mol. The largest absolute Gasteiger partial charge is 0.378 e. The van der Waals surface area contributed by atoms with Gasteiger partial charge in [0.05, 0.1) is 10.5 Å². The molecule has 2 aliphatic carbocycles. The molecule has 2 saturated carbocycles. The lowest BCUT2D eigenvalue weighted by Gasteiger charge is -2.27. The fraction of sp³-hybridized carbons (Fsp3) is 0.524. The number of aromatic nitrogens is 2. The van der Waals surface area contributed by atoms with Crippen LogP contribution in [-0.2, 0) is 12.0 Å². The quantitative estimate of drug-likeness (QED) is 0.482. The first-order chi connectivity index (χ1) is 14.0. The molecule has 2 aromatic rings. The predicted molar refractivity (Wildman–Crippen MR) is 112 cm³/mol. The average Bonchev–Trinajstić information content (AvgIpc) is 3.49. The second-order valence-electron chi connectivity index (χ2n) is 8.38. The lowest BCUT2D eigenvalue weighted by Crippen LogP contribution is -2.24. The third kappa shape index (κ3) is 4.17. The molecule has 0 spiro atoms. The zero-order valence-electron chi connectivity index (χ0n) is 16.5. The molecule has 0 bridgehead atoms. The molecular formula is C21H28N6O2. The molecule has 1 aromatic heterocycles. The maximum Gasteiger partial charge on any atom is 0.332 e. The van der Waals surface area contributed by atoms with Crippen LogP contribution in [0.3, 0.4) is 0 Å². The van der Waals surface area contributed by atoms with Crippen LogP contribution in [0, 0.1) is 22.0 Å². The molecule has 0 atom stereocenters. The second-order valence-corrected chi connectivity index (χ2v) is 8.38. The number of anilines is 2. The van der Waals surface area contributed by atoms with Crippen molar-refractivity contribution in [3.63, 3.8) is 0 Å². The van der Waals surface area contributed by atoms with Crippen LogP contribution in [0.2, 0.25) is 0 Å². The smallest absolute Gasteiger partial charge is 0.332 e. The van der Waals surface area contributed by atoms with Crippen molar-refractivity contribution in [2.75, 3.05) is 17.6 Å². The van der Waals surface area contributed by atoms with Gasteiger partial charge in [-0.2, -0.15) is 4.98 Å². The molecule has 5 N–H and O–H groups in total. The Morgan fingerprint density at radius 3 is 2.34 bits per heavy atom. The van der Waals surface area contributed by atoms with E-state index in [0.717, 1.165) is 38.5 Å². The molecule has 154 valence electrons. The summed E-state index contributed by atoms with van der Waals surface area (Å²) in [5.74, 6) is 1.24. The second kappa shape index (κ2) is 7.94. The Bertz CT molecular complexity index is 876. The number of nitro groups is 1. The first-order valence-electron chi connectivity index (χ1n) is 10.4. The van der Waals surface area contributed by atoms with Crippen molar-refractivity contribution in [1.82, 2.24) is 9.97 Å². The van der Waals surface area contributed by atoms with E-state index in [-0.39, 0.29) is 17.0 Å². The van der Waals surface area contributed by atoms with Crippen LogP contribution in [0.1, 0.15) is 49.8 Å². The summed E-state index contributed by atoms with van der Waals surface area (Å²) < 4.78 is 0. The lowest BCUT2D eigenvalue weighted by molar-refractivity contribution is -0.385. The highest BCUT2D eigenvalue weighted by atomic mass is 16.6. The van der Waals surface area contributed by atoms with Crippen LogP contribution in [0.25, 0.3) is 0 Å². The van der Waals surface area contributed by atoms with Gasteiger partial charge in [0.2, 0.25) is 11.8 Å². The molecule has 8 heteroatoms. The Hall–Kier alpha value is -2.74. The summed E-state index contributed by atoms with van der Waals surface area (Å²) in [5, 5.41) is 15.0. The van der Waals surface area contributed by atoms with Crippen LogP contribution in [0.15, 0.2) is 30.3 Å². The molecule has 8 nitrogen and oxygen atoms in total. The highest BCUT2D eigenvalue weighted by molar-refractivity contribution is 5.59. The summed E-state index contributed by atoms with van der Waals surface area (Å²) in [7, 11) is 0. The zero-order valence-corrected chi connectivity index (χ0v) is 16.5. The van der Waals surface area contributed by atoms with Crippen molar-refractivity contribution in [2.45, 2.75) is 50.5 Å². The van der Waals surface area contributed by atoms with E-state index < -0.39 is 4.92 Å². The van der Waals surface area contributed by atoms with Gasteiger partial charge in [0.1, 0.15) is 5.69 Å². The minimum atomic E-state index is -0.454. The van der Waals surface area contributed by atoms with Crippen molar-refractivity contribution >= 4 is 17.5 Å². The van der Waals surface area contributed by atoms with E-state index in [1.165, 1.54) is 5.56 Å². The molecule has 1 heterocycles. The Morgan fingerprint density at radius 2 is 1.76 bits per heavy atom. The van der Waals surface area contributed by atoms with Crippen molar-refractivity contribution < 1.29 is 4.92 Å². The van der Waals surface area contributed by atoms with Gasteiger partial charge >= 0.3 is 5.69 Å². The SMILES string of the molecule is NCC1CCC(Cc2nc(NC3(c4ccccc4)CC3)nc(N)c2[N+](=O)[O-])CC1. The molecule has 0 unspecified atom stereocenters. The highest BCUT2D eigenvalue weighted by Crippen LogP contribution is 2.48. The minimum absolute atomic E-state index is 0.0676. The molecule has 0 amide bonds. The van der Waals surface area contributed by atoms with E-state index in [0.29, 0.717) is 36.4 Å². The summed E-state index contributed by atoms with van der Waals surface area (Å²) in [6.07, 6.45) is 6.65. The first kappa shape index (κ1) is 19.6. The van der Waals surface area contributed by atoms with E-state index in [4.69, 9.17) is 11.5 Å². The predicted octanol–water partition coefficient (Wildman–Crippen LogP) is 3.38. The molecular weight excluding hydrogens is 368 g/mol. The number of nitrogen functional groups attached to an aromatic ring is 1. The number of rotatable bonds is 7. The Morgan fingerprint density at radius 1 is 1.10 bits per heavy atom. The van der Waals surface area contributed by atoms with E-state index in [2.05, 4.69) is 27.4 Å². The molecule has 2 aliphatic rings. The summed E-state index contributed by atoms with van der Waals surface area (Å²) in [6.45, 7) is 0.711. The fourth-order valence-corrected chi connectivity index (χ4v) is 4.44. The monoisotopic (exact) mass is 396 g/mol. The Labute approximate surface area is 170 Å². The maximum atomic E-state index is 11.6. The van der Waals surface area contributed by atoms with Gasteiger partial charge in [-0.25, -0.2) is 4.98 Å². The molecule has 0 aliphatic heterocycles. The fourth-order valence-electron chi connectivity index (χ4n) is 4.44. The number of nitrogens with zero attached hydrogens (tertiary/aromatic N) is 3. The third-order valence-electron chi connectivity index (χ3n) is 6.37. The standard InChI is InChI=1S/C21H28N6O2/c22-13-15-8-6-14(7-9-15)12-17-18(27(28)29)19(23)25-20(24-17)26-21(10-11-21)16-4-2-1-3-5-16/h1-5,14-15H,6-13,22H2,(H3,23,24,25,26). The molecule has 29 heavy (non-hydrogen) atoms. The number of hydrogen-bond donors (Lipinski definition) is 3. The topological polar surface area (TPSA) is 133 Å². The van der Waals surface area contributed by atoms with E-state index >= 15 is 0 Å². The summed E-state index contributed by atoms with van der Waals surface area (Å²) in [5.41, 5.74) is 13.0. The number of nitrogens with one attached hydrogen (secondary N) is 1. The minimum Gasteiger partial charge on any atom is -0.378 e. The highest BCUT2D eigenvalue weighted by Gasteiger charge is 2.45. The molecule has 4 rings (SSSR count). The lowest BCUT2D eigenvalue weighted by atomic mass is 9.80. The van der Waals surface area contributed by atoms with Gasteiger partial charge in [-0.3, -0.25) is 10.1 Å². The molecule has 0 saturated heterocycles. The number of hydrogen-bond acceptors (Lipinski definition) is 7. The number of nitrogens with two attached hydrogens (primary N) is 2. The first-order valence-corrected chi connectivity index (χ1v) is 10.4. The maximum absolute atomic E-state index is 11.6. The van der Waals surface area contributed by atoms with Crippen molar-refractivity contribution in [1.29, 1.82) is 0 Å². The third-order valence-corrected chi connectivity index (χ3v) is 6.37. The Kier molecular flexibility index (Phi) is 5.36.